The van der Waals surface area contributed by atoms with Gasteiger partial charge in [-0.3, -0.25) is 0 Å². The largest absolute Gasteiger partial charge is 0.496 e. The molecule has 2 aromatic carbocycles. The molecule has 0 saturated heterocycles. The van der Waals surface area contributed by atoms with E-state index in [0.717, 1.165) is 22.8 Å². The number of carboxylic acid groups (broad SMARTS) is 1. The lowest BCUT2D eigenvalue weighted by atomic mass is 10.1. The van der Waals surface area contributed by atoms with Crippen molar-refractivity contribution in [3.05, 3.63) is 64.7 Å². The first kappa shape index (κ1) is 15.4. The molecule has 3 nitrogen and oxygen atoms in total. The summed E-state index contributed by atoms with van der Waals surface area (Å²) >= 11 is 1.75. The lowest BCUT2D eigenvalue weighted by Crippen LogP contribution is -1.99. The molecule has 0 saturated carbocycles. The van der Waals surface area contributed by atoms with Gasteiger partial charge in [0.05, 0.1) is 12.7 Å². The van der Waals surface area contributed by atoms with Gasteiger partial charge in [0, 0.05) is 17.1 Å². The number of carboxylic acids is 1. The number of aryl methyl sites for hydroxylation is 1. The highest BCUT2D eigenvalue weighted by atomic mass is 32.2. The Morgan fingerprint density at radius 1 is 1.19 bits per heavy atom. The van der Waals surface area contributed by atoms with E-state index in [1.807, 2.05) is 0 Å². The second-order valence-electron chi connectivity index (χ2n) is 4.81. The van der Waals surface area contributed by atoms with Crippen molar-refractivity contribution in [2.45, 2.75) is 18.4 Å². The highest BCUT2D eigenvalue weighted by Gasteiger charge is 2.09. The van der Waals surface area contributed by atoms with E-state index in [-0.39, 0.29) is 0 Å². The lowest BCUT2D eigenvalue weighted by Gasteiger charge is -2.09. The van der Waals surface area contributed by atoms with Crippen LogP contribution in [0.2, 0.25) is 0 Å². The number of aromatic carboxylic acids is 1. The van der Waals surface area contributed by atoms with Gasteiger partial charge in [0.15, 0.2) is 0 Å². The van der Waals surface area contributed by atoms with Gasteiger partial charge in [-0.2, -0.15) is 11.8 Å². The summed E-state index contributed by atoms with van der Waals surface area (Å²) in [5.74, 6) is 1.43. The fourth-order valence-electron chi connectivity index (χ4n) is 2.11. The number of hydrogen-bond donors (Lipinski definition) is 1. The third-order valence-corrected chi connectivity index (χ3v) is 4.19. The summed E-state index contributed by atoms with van der Waals surface area (Å²) in [5.41, 5.74) is 3.73. The fourth-order valence-corrected chi connectivity index (χ4v) is 3.07. The van der Waals surface area contributed by atoms with Gasteiger partial charge in [0.1, 0.15) is 5.75 Å². The molecule has 2 rings (SSSR count). The molecule has 21 heavy (non-hydrogen) atoms. The maximum Gasteiger partial charge on any atom is 0.335 e. The molecule has 0 fully saturated rings. The molecule has 110 valence electrons. The summed E-state index contributed by atoms with van der Waals surface area (Å²) in [7, 11) is 1.60. The molecule has 0 bridgehead atoms. The van der Waals surface area contributed by atoms with Crippen LogP contribution >= 0.6 is 11.8 Å². The summed E-state index contributed by atoms with van der Waals surface area (Å²) in [5, 5.41) is 9.06. The quantitative estimate of drug-likeness (QED) is 0.871. The number of methoxy groups -OCH3 is 1. The van der Waals surface area contributed by atoms with Crippen LogP contribution < -0.4 is 4.74 Å². The maximum atomic E-state index is 11.0. The number of rotatable bonds is 6. The fraction of sp³-hybridized carbons (Fsp3) is 0.235. The number of thioether (sulfide) groups is 1. The molecule has 0 aliphatic heterocycles. The molecule has 0 unspecified atom stereocenters. The van der Waals surface area contributed by atoms with Crippen LogP contribution in [0.3, 0.4) is 0 Å². The molecule has 0 radical (unpaired) electrons. The van der Waals surface area contributed by atoms with E-state index >= 15 is 0 Å². The SMILES string of the molecule is COc1ccc(C(=O)O)cc1CSCc1cccc(C)c1. The van der Waals surface area contributed by atoms with E-state index < -0.39 is 5.97 Å². The minimum Gasteiger partial charge on any atom is -0.496 e. The molecule has 0 amide bonds. The zero-order chi connectivity index (χ0) is 15.2. The Labute approximate surface area is 129 Å². The minimum absolute atomic E-state index is 0.293. The van der Waals surface area contributed by atoms with Crippen LogP contribution in [0.25, 0.3) is 0 Å². The van der Waals surface area contributed by atoms with Gasteiger partial charge in [0.2, 0.25) is 0 Å². The minimum atomic E-state index is -0.914. The summed E-state index contributed by atoms with van der Waals surface area (Å²) in [6, 6.07) is 13.4. The Morgan fingerprint density at radius 3 is 2.67 bits per heavy atom. The van der Waals surface area contributed by atoms with Gasteiger partial charge >= 0.3 is 5.97 Å². The first-order valence-corrected chi connectivity index (χ1v) is 7.79. The Morgan fingerprint density at radius 2 is 2.00 bits per heavy atom. The molecule has 0 heterocycles. The van der Waals surface area contributed by atoms with E-state index in [1.165, 1.54) is 11.1 Å². The van der Waals surface area contributed by atoms with Crippen molar-refractivity contribution < 1.29 is 14.6 Å². The third-order valence-electron chi connectivity index (χ3n) is 3.14. The van der Waals surface area contributed by atoms with Crippen LogP contribution in [0, 0.1) is 6.92 Å². The normalized spacial score (nSPS) is 10.4. The summed E-state index contributed by atoms with van der Waals surface area (Å²) in [4.78, 5) is 11.0. The molecule has 0 aliphatic rings. The standard InChI is InChI=1S/C17H18O3S/c1-12-4-3-5-13(8-12)10-21-11-15-9-14(17(18)19)6-7-16(15)20-2/h3-9H,10-11H2,1-2H3,(H,18,19). The van der Waals surface area contributed by atoms with Crippen molar-refractivity contribution in [2.75, 3.05) is 7.11 Å². The predicted octanol–water partition coefficient (Wildman–Crippen LogP) is 4.14. The van der Waals surface area contributed by atoms with Crippen LogP contribution in [-0.2, 0) is 11.5 Å². The van der Waals surface area contributed by atoms with E-state index in [1.54, 1.807) is 37.1 Å². The van der Waals surface area contributed by atoms with Crippen molar-refractivity contribution in [3.63, 3.8) is 0 Å². The van der Waals surface area contributed by atoms with Crippen molar-refractivity contribution in [3.8, 4) is 5.75 Å². The van der Waals surface area contributed by atoms with Crippen molar-refractivity contribution >= 4 is 17.7 Å². The molecule has 1 N–H and O–H groups in total. The Hall–Kier alpha value is -1.94. The molecule has 0 aromatic heterocycles. The monoisotopic (exact) mass is 302 g/mol. The number of carbonyl (C=O) groups is 1. The van der Waals surface area contributed by atoms with Gasteiger partial charge in [-0.1, -0.05) is 29.8 Å². The van der Waals surface area contributed by atoms with Crippen molar-refractivity contribution in [2.24, 2.45) is 0 Å². The van der Waals surface area contributed by atoms with E-state index in [0.29, 0.717) is 5.56 Å². The molecule has 0 atom stereocenters. The van der Waals surface area contributed by atoms with Crippen LogP contribution in [0.5, 0.6) is 5.75 Å². The van der Waals surface area contributed by atoms with E-state index in [4.69, 9.17) is 9.84 Å². The first-order chi connectivity index (χ1) is 10.1. The second kappa shape index (κ2) is 7.18. The van der Waals surface area contributed by atoms with Gasteiger partial charge in [-0.05, 0) is 30.7 Å². The Bertz CT molecular complexity index is 638. The Kier molecular flexibility index (Phi) is 5.28. The van der Waals surface area contributed by atoms with Gasteiger partial charge in [-0.15, -0.1) is 0 Å². The van der Waals surface area contributed by atoms with Crippen molar-refractivity contribution in [1.29, 1.82) is 0 Å². The number of ether oxygens (including phenoxy) is 1. The zero-order valence-corrected chi connectivity index (χ0v) is 12.9. The molecule has 4 heteroatoms. The lowest BCUT2D eigenvalue weighted by molar-refractivity contribution is 0.0696. The van der Waals surface area contributed by atoms with E-state index in [9.17, 15) is 4.79 Å². The van der Waals surface area contributed by atoms with Crippen LogP contribution in [0.15, 0.2) is 42.5 Å². The molecule has 0 spiro atoms. The van der Waals surface area contributed by atoms with Gasteiger partial charge in [-0.25, -0.2) is 4.79 Å². The van der Waals surface area contributed by atoms with E-state index in [2.05, 4.69) is 31.2 Å². The zero-order valence-electron chi connectivity index (χ0n) is 12.1. The molecular formula is C17H18O3S. The number of hydrogen-bond acceptors (Lipinski definition) is 3. The third kappa shape index (κ3) is 4.26. The highest BCUT2D eigenvalue weighted by Crippen LogP contribution is 2.26. The topological polar surface area (TPSA) is 46.5 Å². The Balaban J connectivity index is 2.05. The molecular weight excluding hydrogens is 284 g/mol. The summed E-state index contributed by atoms with van der Waals surface area (Å²) in [6.07, 6.45) is 0. The average Bonchev–Trinajstić information content (AvgIpc) is 2.47. The van der Waals surface area contributed by atoms with Gasteiger partial charge < -0.3 is 9.84 Å². The number of benzene rings is 2. The maximum absolute atomic E-state index is 11.0. The van der Waals surface area contributed by atoms with Crippen LogP contribution in [0.4, 0.5) is 0 Å². The van der Waals surface area contributed by atoms with Crippen molar-refractivity contribution in [1.82, 2.24) is 0 Å². The van der Waals surface area contributed by atoms with Gasteiger partial charge in [0.25, 0.3) is 0 Å². The average molecular weight is 302 g/mol. The smallest absolute Gasteiger partial charge is 0.335 e. The van der Waals surface area contributed by atoms with Crippen LogP contribution in [-0.4, -0.2) is 18.2 Å². The first-order valence-electron chi connectivity index (χ1n) is 6.63. The molecule has 0 aliphatic carbocycles. The predicted molar refractivity (Wildman–Crippen MR) is 86.1 cm³/mol. The summed E-state index contributed by atoms with van der Waals surface area (Å²) < 4.78 is 5.30. The highest BCUT2D eigenvalue weighted by molar-refractivity contribution is 7.97. The second-order valence-corrected chi connectivity index (χ2v) is 5.80. The van der Waals surface area contributed by atoms with Crippen LogP contribution in [0.1, 0.15) is 27.0 Å². The molecule has 2 aromatic rings. The summed E-state index contributed by atoms with van der Waals surface area (Å²) in [6.45, 7) is 2.08.